The highest BCUT2D eigenvalue weighted by Gasteiger charge is 2.35. The highest BCUT2D eigenvalue weighted by atomic mass is 19.4. The standard InChI is InChI=1S/C9H6F3O/c1-2-6-4-3-5-7(13)8(6)9(10,11)12/h3-5,13H,1H2. The first-order valence-corrected chi connectivity index (χ1v) is 3.39. The number of alkyl halides is 3. The van der Waals surface area contributed by atoms with E-state index in [4.69, 9.17) is 5.11 Å². The maximum absolute atomic E-state index is 12.3. The van der Waals surface area contributed by atoms with Crippen LogP contribution in [0.1, 0.15) is 11.1 Å². The van der Waals surface area contributed by atoms with E-state index >= 15 is 0 Å². The summed E-state index contributed by atoms with van der Waals surface area (Å²) in [6, 6.07) is 3.47. The average Bonchev–Trinajstić information content (AvgIpc) is 2.01. The van der Waals surface area contributed by atoms with Crippen LogP contribution in [0.2, 0.25) is 0 Å². The number of phenols is 1. The Labute approximate surface area is 73.1 Å². The molecule has 0 heterocycles. The van der Waals surface area contributed by atoms with Gasteiger partial charge in [-0.25, -0.2) is 0 Å². The van der Waals surface area contributed by atoms with Gasteiger partial charge in [-0.2, -0.15) is 13.2 Å². The molecule has 69 valence electrons. The lowest BCUT2D eigenvalue weighted by molar-refractivity contribution is -0.139. The van der Waals surface area contributed by atoms with Crippen LogP contribution in [0.25, 0.3) is 0 Å². The summed E-state index contributed by atoms with van der Waals surface area (Å²) in [7, 11) is 0. The Hall–Kier alpha value is -1.45. The van der Waals surface area contributed by atoms with Gasteiger partial charge in [0.05, 0.1) is 0 Å². The number of halogens is 3. The SMILES string of the molecule is C=[C]c1cccc(O)c1C(F)(F)F. The third-order valence-corrected chi connectivity index (χ3v) is 1.52. The fraction of sp³-hybridized carbons (Fsp3) is 0.111. The third kappa shape index (κ3) is 1.83. The Morgan fingerprint density at radius 3 is 2.31 bits per heavy atom. The number of phenolic OH excluding ortho intramolecular Hbond substituents is 1. The summed E-state index contributed by atoms with van der Waals surface area (Å²) in [6.07, 6.45) is -2.47. The molecule has 0 spiro atoms. The number of hydrogen-bond donors (Lipinski definition) is 1. The lowest BCUT2D eigenvalue weighted by Gasteiger charge is -2.11. The molecular formula is C9H6F3O. The molecule has 0 amide bonds. The summed E-state index contributed by atoms with van der Waals surface area (Å²) in [5.41, 5.74) is -1.34. The van der Waals surface area contributed by atoms with Crippen molar-refractivity contribution in [1.29, 1.82) is 0 Å². The van der Waals surface area contributed by atoms with Gasteiger partial charge in [-0.3, -0.25) is 0 Å². The Balaban J connectivity index is 3.40. The van der Waals surface area contributed by atoms with Crippen molar-refractivity contribution >= 4 is 0 Å². The summed E-state index contributed by atoms with van der Waals surface area (Å²) in [4.78, 5) is 0. The van der Waals surface area contributed by atoms with Gasteiger partial charge < -0.3 is 5.11 Å². The van der Waals surface area contributed by atoms with Gasteiger partial charge in [0.2, 0.25) is 0 Å². The zero-order valence-corrected chi connectivity index (χ0v) is 6.52. The molecule has 0 saturated heterocycles. The van der Waals surface area contributed by atoms with E-state index in [1.54, 1.807) is 0 Å². The van der Waals surface area contributed by atoms with E-state index < -0.39 is 17.5 Å². The smallest absolute Gasteiger partial charge is 0.420 e. The molecule has 1 aromatic carbocycles. The molecule has 0 aromatic heterocycles. The van der Waals surface area contributed by atoms with E-state index in [2.05, 4.69) is 12.7 Å². The van der Waals surface area contributed by atoms with E-state index in [0.29, 0.717) is 0 Å². The molecule has 0 aliphatic rings. The molecular weight excluding hydrogens is 181 g/mol. The van der Waals surface area contributed by atoms with Crippen molar-refractivity contribution in [3.8, 4) is 5.75 Å². The normalized spacial score (nSPS) is 11.3. The number of hydrogen-bond acceptors (Lipinski definition) is 1. The minimum absolute atomic E-state index is 0.243. The third-order valence-electron chi connectivity index (χ3n) is 1.52. The van der Waals surface area contributed by atoms with Crippen LogP contribution in [-0.2, 0) is 6.18 Å². The molecule has 1 radical (unpaired) electrons. The molecule has 0 atom stereocenters. The molecule has 0 aliphatic heterocycles. The molecule has 0 unspecified atom stereocenters. The van der Waals surface area contributed by atoms with Crippen molar-refractivity contribution in [2.45, 2.75) is 6.18 Å². The lowest BCUT2D eigenvalue weighted by Crippen LogP contribution is -2.07. The molecule has 1 aromatic rings. The lowest BCUT2D eigenvalue weighted by atomic mass is 10.1. The van der Waals surface area contributed by atoms with Gasteiger partial charge in [-0.05, 0) is 17.7 Å². The molecule has 0 aliphatic carbocycles. The van der Waals surface area contributed by atoms with Gasteiger partial charge in [0.15, 0.2) is 0 Å². The summed E-state index contributed by atoms with van der Waals surface area (Å²) in [6.45, 7) is 3.11. The molecule has 1 N–H and O–H groups in total. The van der Waals surface area contributed by atoms with Crippen molar-refractivity contribution in [3.05, 3.63) is 42.0 Å². The maximum atomic E-state index is 12.3. The van der Waals surface area contributed by atoms with Crippen LogP contribution in [-0.4, -0.2) is 5.11 Å². The fourth-order valence-corrected chi connectivity index (χ4v) is 0.985. The monoisotopic (exact) mass is 187 g/mol. The Bertz CT molecular complexity index is 328. The van der Waals surface area contributed by atoms with Crippen molar-refractivity contribution in [3.63, 3.8) is 0 Å². The number of rotatable bonds is 1. The maximum Gasteiger partial charge on any atom is 0.420 e. The van der Waals surface area contributed by atoms with Crippen molar-refractivity contribution in [1.82, 2.24) is 0 Å². The zero-order valence-electron chi connectivity index (χ0n) is 6.52. The van der Waals surface area contributed by atoms with Crippen LogP contribution < -0.4 is 0 Å². The molecule has 1 nitrogen and oxygen atoms in total. The average molecular weight is 187 g/mol. The highest BCUT2D eigenvalue weighted by molar-refractivity contribution is 5.43. The van der Waals surface area contributed by atoms with Gasteiger partial charge >= 0.3 is 6.18 Å². The van der Waals surface area contributed by atoms with Crippen molar-refractivity contribution in [2.24, 2.45) is 0 Å². The first-order valence-electron chi connectivity index (χ1n) is 3.39. The van der Waals surface area contributed by atoms with Crippen LogP contribution in [0.5, 0.6) is 5.75 Å². The minimum Gasteiger partial charge on any atom is -0.507 e. The Morgan fingerprint density at radius 1 is 1.31 bits per heavy atom. The molecule has 13 heavy (non-hydrogen) atoms. The van der Waals surface area contributed by atoms with E-state index in [0.717, 1.165) is 6.07 Å². The van der Waals surface area contributed by atoms with Crippen LogP contribution in [0.3, 0.4) is 0 Å². The first-order chi connectivity index (χ1) is 5.96. The number of aromatic hydroxyl groups is 1. The Kier molecular flexibility index (Phi) is 2.32. The second-order valence-electron chi connectivity index (χ2n) is 2.37. The minimum atomic E-state index is -4.58. The van der Waals surface area contributed by atoms with Gasteiger partial charge in [-0.15, -0.1) is 0 Å². The first kappa shape index (κ1) is 9.64. The van der Waals surface area contributed by atoms with Gasteiger partial charge in [-0.1, -0.05) is 18.7 Å². The van der Waals surface area contributed by atoms with Crippen molar-refractivity contribution in [2.75, 3.05) is 0 Å². The van der Waals surface area contributed by atoms with Crippen LogP contribution in [0.15, 0.2) is 24.8 Å². The Morgan fingerprint density at radius 2 is 1.92 bits per heavy atom. The van der Waals surface area contributed by atoms with Crippen LogP contribution in [0.4, 0.5) is 13.2 Å². The molecule has 4 heteroatoms. The van der Waals surface area contributed by atoms with E-state index in [9.17, 15) is 13.2 Å². The molecule has 1 rings (SSSR count). The second kappa shape index (κ2) is 3.12. The van der Waals surface area contributed by atoms with E-state index in [1.807, 2.05) is 0 Å². The van der Waals surface area contributed by atoms with Crippen LogP contribution in [0, 0.1) is 6.08 Å². The summed E-state index contributed by atoms with van der Waals surface area (Å²) >= 11 is 0. The van der Waals surface area contributed by atoms with E-state index in [-0.39, 0.29) is 5.56 Å². The predicted molar refractivity (Wildman–Crippen MR) is 41.1 cm³/mol. The van der Waals surface area contributed by atoms with Gasteiger partial charge in [0.1, 0.15) is 11.3 Å². The summed E-state index contributed by atoms with van der Waals surface area (Å²) in [5.74, 6) is -0.804. The largest absolute Gasteiger partial charge is 0.507 e. The van der Waals surface area contributed by atoms with E-state index in [1.165, 1.54) is 12.1 Å². The quantitative estimate of drug-likeness (QED) is 0.716. The topological polar surface area (TPSA) is 20.2 Å². The van der Waals surface area contributed by atoms with Gasteiger partial charge in [0.25, 0.3) is 0 Å². The van der Waals surface area contributed by atoms with Gasteiger partial charge in [0, 0.05) is 0 Å². The summed E-state index contributed by atoms with van der Waals surface area (Å²) in [5, 5.41) is 8.97. The predicted octanol–water partition coefficient (Wildman–Crippen LogP) is 2.75. The zero-order chi connectivity index (χ0) is 10.1. The number of benzene rings is 1. The molecule has 0 fully saturated rings. The molecule has 0 saturated carbocycles. The highest BCUT2D eigenvalue weighted by Crippen LogP contribution is 2.37. The molecule has 0 bridgehead atoms. The fourth-order valence-electron chi connectivity index (χ4n) is 0.985. The second-order valence-corrected chi connectivity index (χ2v) is 2.37. The van der Waals surface area contributed by atoms with Crippen molar-refractivity contribution < 1.29 is 18.3 Å². The summed E-state index contributed by atoms with van der Waals surface area (Å²) < 4.78 is 36.8. The van der Waals surface area contributed by atoms with Crippen LogP contribution >= 0.6 is 0 Å².